The van der Waals surface area contributed by atoms with Gasteiger partial charge in [0.15, 0.2) is 0 Å². The normalized spacial score (nSPS) is 13.8. The monoisotopic (exact) mass is 228 g/mol. The Bertz CT molecular complexity index is 412. The zero-order valence-electron chi connectivity index (χ0n) is 8.68. The zero-order chi connectivity index (χ0) is 11.5. The van der Waals surface area contributed by atoms with Gasteiger partial charge in [-0.15, -0.1) is 0 Å². The van der Waals surface area contributed by atoms with Crippen LogP contribution in [0.3, 0.4) is 0 Å². The van der Waals surface area contributed by atoms with Gasteiger partial charge < -0.3 is 5.73 Å². The van der Waals surface area contributed by atoms with Gasteiger partial charge in [-0.3, -0.25) is 0 Å². The summed E-state index contributed by atoms with van der Waals surface area (Å²) in [5.41, 5.74) is 6.53. The number of sulfonamides is 1. The number of hydrogen-bond donors (Lipinski definition) is 2. The Balaban J connectivity index is 2.90. The van der Waals surface area contributed by atoms with Gasteiger partial charge in [-0.05, 0) is 36.6 Å². The van der Waals surface area contributed by atoms with E-state index in [9.17, 15) is 8.42 Å². The molecule has 4 N–H and O–H groups in total. The molecule has 0 saturated heterocycles. The second kappa shape index (κ2) is 4.74. The molecule has 0 heterocycles. The van der Waals surface area contributed by atoms with E-state index in [-0.39, 0.29) is 4.90 Å². The predicted molar refractivity (Wildman–Crippen MR) is 59.9 cm³/mol. The summed E-state index contributed by atoms with van der Waals surface area (Å²) in [4.78, 5) is 0.145. The van der Waals surface area contributed by atoms with E-state index in [2.05, 4.69) is 6.92 Å². The minimum atomic E-state index is -3.58. The first-order valence-electron chi connectivity index (χ1n) is 4.78. The average molecular weight is 228 g/mol. The van der Waals surface area contributed by atoms with E-state index < -0.39 is 10.0 Å². The lowest BCUT2D eigenvalue weighted by Gasteiger charge is -2.10. The Morgan fingerprint density at radius 2 is 1.80 bits per heavy atom. The number of primary sulfonamides is 1. The molecule has 1 unspecified atom stereocenters. The second-order valence-corrected chi connectivity index (χ2v) is 5.15. The Morgan fingerprint density at radius 3 is 2.20 bits per heavy atom. The molecule has 1 aromatic carbocycles. The van der Waals surface area contributed by atoms with Crippen LogP contribution in [0.5, 0.6) is 0 Å². The third-order valence-corrected chi connectivity index (χ3v) is 3.31. The number of hydrogen-bond acceptors (Lipinski definition) is 3. The van der Waals surface area contributed by atoms with Crippen LogP contribution in [0.25, 0.3) is 0 Å². The van der Waals surface area contributed by atoms with Gasteiger partial charge in [0.25, 0.3) is 0 Å². The van der Waals surface area contributed by atoms with Gasteiger partial charge in [-0.1, -0.05) is 19.1 Å². The van der Waals surface area contributed by atoms with Crippen molar-refractivity contribution in [3.63, 3.8) is 0 Å². The van der Waals surface area contributed by atoms with E-state index in [1.54, 1.807) is 12.1 Å². The summed E-state index contributed by atoms with van der Waals surface area (Å²) in [6.45, 7) is 2.68. The van der Waals surface area contributed by atoms with Crippen molar-refractivity contribution in [3.05, 3.63) is 29.8 Å². The van der Waals surface area contributed by atoms with Gasteiger partial charge in [0.2, 0.25) is 10.0 Å². The topological polar surface area (TPSA) is 86.2 Å². The molecule has 0 aromatic heterocycles. The summed E-state index contributed by atoms with van der Waals surface area (Å²) in [5, 5.41) is 4.99. The van der Waals surface area contributed by atoms with E-state index in [4.69, 9.17) is 10.9 Å². The zero-order valence-corrected chi connectivity index (χ0v) is 9.50. The van der Waals surface area contributed by atoms with Crippen LogP contribution in [0.1, 0.15) is 24.8 Å². The fourth-order valence-corrected chi connectivity index (χ4v) is 1.92. The van der Waals surface area contributed by atoms with Crippen molar-refractivity contribution in [2.24, 2.45) is 10.9 Å². The molecule has 0 aliphatic rings. The molecule has 15 heavy (non-hydrogen) atoms. The van der Waals surface area contributed by atoms with Gasteiger partial charge >= 0.3 is 0 Å². The van der Waals surface area contributed by atoms with Crippen LogP contribution in [0, 0.1) is 0 Å². The Morgan fingerprint density at radius 1 is 1.27 bits per heavy atom. The molecule has 0 aliphatic carbocycles. The van der Waals surface area contributed by atoms with Gasteiger partial charge in [0.05, 0.1) is 4.90 Å². The molecule has 1 aromatic rings. The van der Waals surface area contributed by atoms with E-state index in [1.165, 1.54) is 12.1 Å². The van der Waals surface area contributed by atoms with Crippen molar-refractivity contribution in [3.8, 4) is 0 Å². The van der Waals surface area contributed by atoms with E-state index in [1.807, 2.05) is 0 Å². The van der Waals surface area contributed by atoms with Crippen molar-refractivity contribution in [1.82, 2.24) is 0 Å². The van der Waals surface area contributed by atoms with Crippen LogP contribution >= 0.6 is 0 Å². The fourth-order valence-electron chi connectivity index (χ4n) is 1.40. The van der Waals surface area contributed by atoms with Crippen LogP contribution in [-0.4, -0.2) is 15.0 Å². The molecule has 4 nitrogen and oxygen atoms in total. The van der Waals surface area contributed by atoms with Crippen molar-refractivity contribution >= 4 is 10.0 Å². The quantitative estimate of drug-likeness (QED) is 0.798. The summed E-state index contributed by atoms with van der Waals surface area (Å²) >= 11 is 0. The minimum Gasteiger partial charge on any atom is -0.330 e. The van der Waals surface area contributed by atoms with E-state index >= 15 is 0 Å². The summed E-state index contributed by atoms with van der Waals surface area (Å²) in [5.74, 6) is 0.338. The highest BCUT2D eigenvalue weighted by molar-refractivity contribution is 7.89. The van der Waals surface area contributed by atoms with Crippen LogP contribution in [0.15, 0.2) is 29.2 Å². The molecular weight excluding hydrogens is 212 g/mol. The first kappa shape index (κ1) is 12.2. The molecule has 0 bridgehead atoms. The molecule has 5 heteroatoms. The SMILES string of the molecule is CC(CCN)c1ccc(S(N)(=O)=O)cc1. The van der Waals surface area contributed by atoms with Gasteiger partial charge in [0.1, 0.15) is 0 Å². The van der Waals surface area contributed by atoms with Crippen molar-refractivity contribution in [2.75, 3.05) is 6.54 Å². The standard InChI is InChI=1S/C10H16N2O2S/c1-8(6-7-11)9-2-4-10(5-3-9)15(12,13)14/h2-5,8H,6-7,11H2,1H3,(H2,12,13,14). The van der Waals surface area contributed by atoms with Crippen LogP contribution in [0.4, 0.5) is 0 Å². The highest BCUT2D eigenvalue weighted by atomic mass is 32.2. The molecular formula is C10H16N2O2S. The molecule has 0 fully saturated rings. The van der Waals surface area contributed by atoms with Crippen LogP contribution in [-0.2, 0) is 10.0 Å². The highest BCUT2D eigenvalue weighted by Crippen LogP contribution is 2.19. The lowest BCUT2D eigenvalue weighted by atomic mass is 9.98. The number of rotatable bonds is 4. The summed E-state index contributed by atoms with van der Waals surface area (Å²) < 4.78 is 22.0. The molecule has 0 radical (unpaired) electrons. The maximum atomic E-state index is 11.0. The Hall–Kier alpha value is -0.910. The lowest BCUT2D eigenvalue weighted by molar-refractivity contribution is 0.597. The van der Waals surface area contributed by atoms with E-state index in [0.29, 0.717) is 12.5 Å². The molecule has 84 valence electrons. The minimum absolute atomic E-state index is 0.145. The van der Waals surface area contributed by atoms with Gasteiger partial charge in [0, 0.05) is 0 Å². The maximum absolute atomic E-state index is 11.0. The first-order valence-corrected chi connectivity index (χ1v) is 6.32. The van der Waals surface area contributed by atoms with E-state index in [0.717, 1.165) is 12.0 Å². The predicted octanol–water partition coefficient (Wildman–Crippen LogP) is 0.786. The average Bonchev–Trinajstić information content (AvgIpc) is 2.17. The second-order valence-electron chi connectivity index (χ2n) is 3.59. The first-order chi connectivity index (χ1) is 6.95. The van der Waals surface area contributed by atoms with Gasteiger partial charge in [-0.25, -0.2) is 13.6 Å². The molecule has 0 saturated carbocycles. The number of nitrogens with two attached hydrogens (primary N) is 2. The fraction of sp³-hybridized carbons (Fsp3) is 0.400. The summed E-state index contributed by atoms with van der Waals surface area (Å²) in [7, 11) is -3.58. The van der Waals surface area contributed by atoms with Crippen LogP contribution in [0.2, 0.25) is 0 Å². The third kappa shape index (κ3) is 3.30. The molecule has 1 rings (SSSR count). The third-order valence-electron chi connectivity index (χ3n) is 2.38. The molecule has 0 amide bonds. The number of benzene rings is 1. The van der Waals surface area contributed by atoms with Crippen LogP contribution < -0.4 is 10.9 Å². The summed E-state index contributed by atoms with van der Waals surface area (Å²) in [6.07, 6.45) is 0.884. The maximum Gasteiger partial charge on any atom is 0.238 e. The highest BCUT2D eigenvalue weighted by Gasteiger charge is 2.09. The Kier molecular flexibility index (Phi) is 3.84. The molecule has 0 spiro atoms. The van der Waals surface area contributed by atoms with Gasteiger partial charge in [-0.2, -0.15) is 0 Å². The van der Waals surface area contributed by atoms with Crippen molar-refractivity contribution in [2.45, 2.75) is 24.2 Å². The van der Waals surface area contributed by atoms with Crippen molar-refractivity contribution < 1.29 is 8.42 Å². The smallest absolute Gasteiger partial charge is 0.238 e. The largest absolute Gasteiger partial charge is 0.330 e. The Labute approximate surface area is 90.3 Å². The summed E-state index contributed by atoms with van der Waals surface area (Å²) in [6, 6.07) is 6.61. The van der Waals surface area contributed by atoms with Crippen molar-refractivity contribution in [1.29, 1.82) is 0 Å². The molecule has 1 atom stereocenters. The molecule has 0 aliphatic heterocycles. The lowest BCUT2D eigenvalue weighted by Crippen LogP contribution is -2.12.